The van der Waals surface area contributed by atoms with Crippen molar-refractivity contribution in [1.82, 2.24) is 0 Å². The summed E-state index contributed by atoms with van der Waals surface area (Å²) in [6.45, 7) is 0. The summed E-state index contributed by atoms with van der Waals surface area (Å²) in [5, 5.41) is 0. The highest BCUT2D eigenvalue weighted by molar-refractivity contribution is 9.10. The average molecular weight is 265 g/mol. The molecule has 2 heteroatoms. The Kier molecular flexibility index (Phi) is 3.08. The molecule has 1 aliphatic carbocycles. The van der Waals surface area contributed by atoms with Gasteiger partial charge in [0.05, 0.1) is 0 Å². The summed E-state index contributed by atoms with van der Waals surface area (Å²) < 4.78 is 4.89. The third kappa shape index (κ3) is 2.39. The number of halogens is 1. The largest absolute Gasteiger partial charge is 0.360 e. The fraction of sp³-hybridized carbons (Fsp3) is 0.231. The van der Waals surface area contributed by atoms with E-state index in [1.807, 2.05) is 18.2 Å². The van der Waals surface area contributed by atoms with Crippen LogP contribution < -0.4 is 0 Å². The zero-order chi connectivity index (χ0) is 10.7. The van der Waals surface area contributed by atoms with Gasteiger partial charge in [0.25, 0.3) is 0 Å². The van der Waals surface area contributed by atoms with Gasteiger partial charge in [0.1, 0.15) is 0 Å². The van der Waals surface area contributed by atoms with Crippen molar-refractivity contribution in [2.45, 2.75) is 10.4 Å². The highest BCUT2D eigenvalue weighted by Crippen LogP contribution is 2.31. The van der Waals surface area contributed by atoms with Crippen LogP contribution in [0, 0.1) is 0 Å². The van der Waals surface area contributed by atoms with Crippen LogP contribution in [-0.2, 0) is 4.74 Å². The maximum Gasteiger partial charge on any atom is 0.159 e. The van der Waals surface area contributed by atoms with Gasteiger partial charge in [-0.1, -0.05) is 42.5 Å². The molecule has 0 unspecified atom stereocenters. The van der Waals surface area contributed by atoms with Gasteiger partial charge in [-0.2, -0.15) is 0 Å². The van der Waals surface area contributed by atoms with Crippen LogP contribution in [0.25, 0.3) is 0 Å². The highest BCUT2D eigenvalue weighted by Gasteiger charge is 2.22. The first-order valence-electron chi connectivity index (χ1n) is 4.91. The first-order valence-corrected chi connectivity index (χ1v) is 5.70. The molecule has 0 amide bonds. The lowest BCUT2D eigenvalue weighted by molar-refractivity contribution is 0.154. The van der Waals surface area contributed by atoms with E-state index in [1.54, 1.807) is 7.11 Å². The Balaban J connectivity index is 2.18. The van der Waals surface area contributed by atoms with Crippen LogP contribution in [0.4, 0.5) is 0 Å². The molecule has 0 heterocycles. The highest BCUT2D eigenvalue weighted by atomic mass is 79.9. The molecule has 0 fully saturated rings. The molecule has 1 aromatic rings. The van der Waals surface area contributed by atoms with E-state index in [-0.39, 0.29) is 0 Å². The van der Waals surface area contributed by atoms with E-state index in [2.05, 4.69) is 52.3 Å². The quantitative estimate of drug-likeness (QED) is 0.586. The Morgan fingerprint density at radius 1 is 1.13 bits per heavy atom. The lowest BCUT2D eigenvalue weighted by atomic mass is 9.94. The number of methoxy groups -OCH3 is 1. The molecule has 0 spiro atoms. The lowest BCUT2D eigenvalue weighted by Crippen LogP contribution is -2.19. The van der Waals surface area contributed by atoms with Crippen molar-refractivity contribution in [2.75, 3.05) is 7.11 Å². The van der Waals surface area contributed by atoms with Crippen molar-refractivity contribution in [3.05, 3.63) is 60.2 Å². The summed E-state index contributed by atoms with van der Waals surface area (Å²) in [7, 11) is 1.69. The van der Waals surface area contributed by atoms with Gasteiger partial charge < -0.3 is 4.74 Å². The third-order valence-electron chi connectivity index (χ3n) is 2.56. The van der Waals surface area contributed by atoms with E-state index in [0.29, 0.717) is 5.92 Å². The summed E-state index contributed by atoms with van der Waals surface area (Å²) in [6.07, 6.45) is 8.36. The fourth-order valence-electron chi connectivity index (χ4n) is 1.62. The molecule has 0 radical (unpaired) electrons. The minimum atomic E-state index is -0.418. The van der Waals surface area contributed by atoms with Crippen molar-refractivity contribution < 1.29 is 4.74 Å². The SMILES string of the molecule is COC1(Br)C=CC(c2ccccc2)C=C1. The Bertz CT molecular complexity index is 367. The zero-order valence-electron chi connectivity index (χ0n) is 8.56. The van der Waals surface area contributed by atoms with Crippen LogP contribution in [0.5, 0.6) is 0 Å². The topological polar surface area (TPSA) is 9.23 Å². The number of benzene rings is 1. The molecule has 0 bridgehead atoms. The maximum absolute atomic E-state index is 5.31. The van der Waals surface area contributed by atoms with Gasteiger partial charge in [-0.15, -0.1) is 0 Å². The molecule has 1 aliphatic rings. The third-order valence-corrected chi connectivity index (χ3v) is 3.41. The van der Waals surface area contributed by atoms with Crippen molar-refractivity contribution in [3.63, 3.8) is 0 Å². The van der Waals surface area contributed by atoms with Crippen LogP contribution in [0.15, 0.2) is 54.6 Å². The molecule has 0 aromatic heterocycles. The first-order chi connectivity index (χ1) is 7.23. The molecule has 15 heavy (non-hydrogen) atoms. The second-order valence-corrected chi connectivity index (χ2v) is 4.80. The van der Waals surface area contributed by atoms with Crippen molar-refractivity contribution >= 4 is 15.9 Å². The van der Waals surface area contributed by atoms with Crippen LogP contribution in [0.3, 0.4) is 0 Å². The fourth-order valence-corrected chi connectivity index (χ4v) is 1.93. The monoisotopic (exact) mass is 264 g/mol. The van der Waals surface area contributed by atoms with Gasteiger partial charge in [0.2, 0.25) is 0 Å². The van der Waals surface area contributed by atoms with E-state index < -0.39 is 4.51 Å². The average Bonchev–Trinajstić information content (AvgIpc) is 2.31. The summed E-state index contributed by atoms with van der Waals surface area (Å²) in [6, 6.07) is 10.4. The van der Waals surface area contributed by atoms with E-state index >= 15 is 0 Å². The number of allylic oxidation sites excluding steroid dienone is 2. The van der Waals surface area contributed by atoms with Gasteiger partial charge in [-0.25, -0.2) is 0 Å². The van der Waals surface area contributed by atoms with Gasteiger partial charge >= 0.3 is 0 Å². The number of rotatable bonds is 2. The minimum absolute atomic E-state index is 0.354. The molecule has 1 aromatic carbocycles. The molecular weight excluding hydrogens is 252 g/mol. The molecule has 0 N–H and O–H groups in total. The number of alkyl halides is 1. The lowest BCUT2D eigenvalue weighted by Gasteiger charge is -2.23. The Morgan fingerprint density at radius 2 is 1.73 bits per heavy atom. The summed E-state index contributed by atoms with van der Waals surface area (Å²) in [4.78, 5) is 0. The molecule has 1 nitrogen and oxygen atoms in total. The van der Waals surface area contributed by atoms with Crippen molar-refractivity contribution in [1.29, 1.82) is 0 Å². The van der Waals surface area contributed by atoms with Crippen LogP contribution in [0.1, 0.15) is 11.5 Å². The Morgan fingerprint density at radius 3 is 2.27 bits per heavy atom. The van der Waals surface area contributed by atoms with E-state index in [4.69, 9.17) is 4.74 Å². The number of hydrogen-bond donors (Lipinski definition) is 0. The van der Waals surface area contributed by atoms with E-state index in [0.717, 1.165) is 0 Å². The second kappa shape index (κ2) is 4.33. The second-order valence-electron chi connectivity index (χ2n) is 3.56. The Hall–Kier alpha value is -0.860. The number of hydrogen-bond acceptors (Lipinski definition) is 1. The van der Waals surface area contributed by atoms with Crippen LogP contribution in [0.2, 0.25) is 0 Å². The van der Waals surface area contributed by atoms with E-state index in [1.165, 1.54) is 5.56 Å². The number of ether oxygens (including phenoxy) is 1. The predicted molar refractivity (Wildman–Crippen MR) is 66.1 cm³/mol. The molecule has 0 atom stereocenters. The smallest absolute Gasteiger partial charge is 0.159 e. The van der Waals surface area contributed by atoms with Gasteiger partial charge in [0, 0.05) is 13.0 Å². The molecule has 0 saturated heterocycles. The van der Waals surface area contributed by atoms with Gasteiger partial charge in [0.15, 0.2) is 4.51 Å². The standard InChI is InChI=1S/C13H13BrO/c1-15-13(14)9-7-12(8-10-13)11-5-3-2-4-6-11/h2-10,12H,1H3. The Labute approximate surface area is 98.6 Å². The normalized spacial score (nSPS) is 29.3. The van der Waals surface area contributed by atoms with Gasteiger partial charge in [-0.05, 0) is 33.6 Å². The minimum Gasteiger partial charge on any atom is -0.360 e. The zero-order valence-corrected chi connectivity index (χ0v) is 10.1. The molecule has 0 saturated carbocycles. The molecule has 78 valence electrons. The van der Waals surface area contributed by atoms with E-state index in [9.17, 15) is 0 Å². The molecular formula is C13H13BrO. The summed E-state index contributed by atoms with van der Waals surface area (Å²) in [5.41, 5.74) is 1.30. The van der Waals surface area contributed by atoms with Gasteiger partial charge in [-0.3, -0.25) is 0 Å². The maximum atomic E-state index is 5.31. The van der Waals surface area contributed by atoms with Crippen molar-refractivity contribution in [3.8, 4) is 0 Å². The summed E-state index contributed by atoms with van der Waals surface area (Å²) >= 11 is 3.50. The van der Waals surface area contributed by atoms with Crippen LogP contribution in [-0.4, -0.2) is 11.6 Å². The first kappa shape index (κ1) is 10.7. The van der Waals surface area contributed by atoms with Crippen molar-refractivity contribution in [2.24, 2.45) is 0 Å². The predicted octanol–water partition coefficient (Wildman–Crippen LogP) is 3.63. The van der Waals surface area contributed by atoms with Crippen LogP contribution >= 0.6 is 15.9 Å². The summed E-state index contributed by atoms with van der Waals surface area (Å²) in [5.74, 6) is 0.354. The molecule has 2 rings (SSSR count). The molecule has 0 aliphatic heterocycles.